The summed E-state index contributed by atoms with van der Waals surface area (Å²) in [5.41, 5.74) is 2.90. The van der Waals surface area contributed by atoms with E-state index in [9.17, 15) is 13.2 Å². The lowest BCUT2D eigenvalue weighted by Gasteiger charge is -2.30. The molecular formula is C26H33Cl2N3O3S. The zero-order valence-electron chi connectivity index (χ0n) is 19.9. The van der Waals surface area contributed by atoms with Crippen molar-refractivity contribution in [2.75, 3.05) is 26.2 Å². The number of amides is 1. The molecule has 6 nitrogen and oxygen atoms in total. The molecule has 1 amide bonds. The smallest absolute Gasteiger partial charge is 0.223 e. The van der Waals surface area contributed by atoms with Crippen LogP contribution in [0.5, 0.6) is 0 Å². The summed E-state index contributed by atoms with van der Waals surface area (Å²) < 4.78 is 27.2. The summed E-state index contributed by atoms with van der Waals surface area (Å²) in [6, 6.07) is 13.3. The molecule has 0 aromatic heterocycles. The van der Waals surface area contributed by atoms with Gasteiger partial charge in [0.15, 0.2) is 0 Å². The summed E-state index contributed by atoms with van der Waals surface area (Å²) in [6.45, 7) is 4.47. The van der Waals surface area contributed by atoms with E-state index in [1.165, 1.54) is 42.2 Å². The topological polar surface area (TPSA) is 69.7 Å². The third kappa shape index (κ3) is 7.43. The van der Waals surface area contributed by atoms with E-state index >= 15 is 0 Å². The molecule has 1 N–H and O–H groups in total. The Bertz CT molecular complexity index is 1110. The van der Waals surface area contributed by atoms with Crippen LogP contribution in [-0.4, -0.2) is 49.7 Å². The Balaban J connectivity index is 1.22. The summed E-state index contributed by atoms with van der Waals surface area (Å²) in [6.07, 6.45) is 4.92. The largest absolute Gasteiger partial charge is 0.352 e. The van der Waals surface area contributed by atoms with E-state index in [2.05, 4.69) is 34.5 Å². The van der Waals surface area contributed by atoms with E-state index in [1.54, 1.807) is 18.2 Å². The van der Waals surface area contributed by atoms with Crippen molar-refractivity contribution in [3.05, 3.63) is 69.2 Å². The highest BCUT2D eigenvalue weighted by Gasteiger charge is 2.31. The SMILES string of the molecule is O=C(NCc1ccc(CN2CCCCC2)cc1)C1CCN(S(=O)(=O)Cc2ccc(Cl)cc2Cl)CC1. The maximum Gasteiger partial charge on any atom is 0.223 e. The van der Waals surface area contributed by atoms with Crippen LogP contribution < -0.4 is 5.32 Å². The van der Waals surface area contributed by atoms with Crippen molar-refractivity contribution in [3.63, 3.8) is 0 Å². The zero-order chi connectivity index (χ0) is 24.8. The Morgan fingerprint density at radius 1 is 0.914 bits per heavy atom. The minimum atomic E-state index is -3.52. The predicted octanol–water partition coefficient (Wildman–Crippen LogP) is 4.84. The molecular weight excluding hydrogens is 505 g/mol. The molecule has 190 valence electrons. The quantitative estimate of drug-likeness (QED) is 0.523. The van der Waals surface area contributed by atoms with Gasteiger partial charge in [-0.15, -0.1) is 0 Å². The van der Waals surface area contributed by atoms with Crippen molar-refractivity contribution in [3.8, 4) is 0 Å². The van der Waals surface area contributed by atoms with Crippen LogP contribution >= 0.6 is 23.2 Å². The standard InChI is InChI=1S/C26H33Cl2N3O3S/c27-24-9-8-23(25(28)16-24)19-35(33,34)31-14-10-22(11-15-31)26(32)29-17-20-4-6-21(7-5-20)18-30-12-2-1-3-13-30/h4-9,16,22H,1-3,10-15,17-19H2,(H,29,32). The second-order valence-corrected chi connectivity index (χ2v) is 12.3. The molecule has 0 unspecified atom stereocenters. The van der Waals surface area contributed by atoms with Crippen molar-refractivity contribution in [2.45, 2.75) is 50.9 Å². The number of likely N-dealkylation sites (tertiary alicyclic amines) is 1. The number of sulfonamides is 1. The maximum atomic E-state index is 12.9. The molecule has 2 saturated heterocycles. The van der Waals surface area contributed by atoms with E-state index in [-0.39, 0.29) is 17.6 Å². The number of rotatable bonds is 8. The van der Waals surface area contributed by atoms with Crippen LogP contribution in [0.1, 0.15) is 48.8 Å². The average molecular weight is 539 g/mol. The number of nitrogens with one attached hydrogen (secondary N) is 1. The first kappa shape index (κ1) is 26.4. The predicted molar refractivity (Wildman–Crippen MR) is 141 cm³/mol. The van der Waals surface area contributed by atoms with Gasteiger partial charge in [0.05, 0.1) is 5.75 Å². The van der Waals surface area contributed by atoms with Gasteiger partial charge in [0.2, 0.25) is 15.9 Å². The molecule has 0 aliphatic carbocycles. The number of hydrogen-bond acceptors (Lipinski definition) is 4. The van der Waals surface area contributed by atoms with Crippen LogP contribution in [0.25, 0.3) is 0 Å². The Morgan fingerprint density at radius 3 is 2.23 bits per heavy atom. The van der Waals surface area contributed by atoms with Crippen molar-refractivity contribution in [2.24, 2.45) is 5.92 Å². The maximum absolute atomic E-state index is 12.9. The van der Waals surface area contributed by atoms with Gasteiger partial charge >= 0.3 is 0 Å². The second-order valence-electron chi connectivity index (χ2n) is 9.54. The first-order chi connectivity index (χ1) is 16.8. The lowest BCUT2D eigenvalue weighted by Crippen LogP contribution is -2.43. The lowest BCUT2D eigenvalue weighted by atomic mass is 9.97. The third-order valence-corrected chi connectivity index (χ3v) is 9.33. The fourth-order valence-corrected chi connectivity index (χ4v) is 6.94. The number of hydrogen-bond donors (Lipinski definition) is 1. The van der Waals surface area contributed by atoms with Crippen LogP contribution in [0, 0.1) is 5.92 Å². The minimum absolute atomic E-state index is 0.0137. The number of halogens is 2. The molecule has 4 rings (SSSR count). The minimum Gasteiger partial charge on any atom is -0.352 e. The zero-order valence-corrected chi connectivity index (χ0v) is 22.2. The van der Waals surface area contributed by atoms with E-state index in [0.29, 0.717) is 48.1 Å². The Morgan fingerprint density at radius 2 is 1.57 bits per heavy atom. The highest BCUT2D eigenvalue weighted by atomic mass is 35.5. The van der Waals surface area contributed by atoms with Crippen LogP contribution in [0.4, 0.5) is 0 Å². The highest BCUT2D eigenvalue weighted by Crippen LogP contribution is 2.26. The van der Waals surface area contributed by atoms with E-state index in [0.717, 1.165) is 12.1 Å². The average Bonchev–Trinajstić information content (AvgIpc) is 2.86. The number of piperidine rings is 2. The Kier molecular flexibility index (Phi) is 9.11. The normalized spacial score (nSPS) is 18.5. The molecule has 2 aliphatic heterocycles. The molecule has 0 bridgehead atoms. The number of carbonyl (C=O) groups excluding carboxylic acids is 1. The van der Waals surface area contributed by atoms with Crippen molar-refractivity contribution in [1.29, 1.82) is 0 Å². The number of benzene rings is 2. The molecule has 2 aromatic rings. The van der Waals surface area contributed by atoms with Gasteiger partial charge in [0, 0.05) is 42.1 Å². The van der Waals surface area contributed by atoms with Crippen LogP contribution in [0.2, 0.25) is 10.0 Å². The molecule has 2 aliphatic rings. The van der Waals surface area contributed by atoms with E-state index in [1.807, 2.05) is 0 Å². The monoisotopic (exact) mass is 537 g/mol. The van der Waals surface area contributed by atoms with Gasteiger partial charge in [-0.25, -0.2) is 12.7 Å². The first-order valence-electron chi connectivity index (χ1n) is 12.3. The van der Waals surface area contributed by atoms with Crippen molar-refractivity contribution >= 4 is 39.1 Å². The number of carbonyl (C=O) groups is 1. The fraction of sp³-hybridized carbons (Fsp3) is 0.500. The highest BCUT2D eigenvalue weighted by molar-refractivity contribution is 7.88. The molecule has 0 spiro atoms. The molecule has 35 heavy (non-hydrogen) atoms. The Hall–Kier alpha value is -1.64. The molecule has 9 heteroatoms. The molecule has 2 aromatic carbocycles. The summed E-state index contributed by atoms with van der Waals surface area (Å²) in [5, 5.41) is 3.84. The summed E-state index contributed by atoms with van der Waals surface area (Å²) in [5.74, 6) is -0.368. The molecule has 0 saturated carbocycles. The van der Waals surface area contributed by atoms with E-state index in [4.69, 9.17) is 23.2 Å². The van der Waals surface area contributed by atoms with Gasteiger partial charge < -0.3 is 5.32 Å². The van der Waals surface area contributed by atoms with Gasteiger partial charge in [-0.1, -0.05) is 60.0 Å². The van der Waals surface area contributed by atoms with E-state index < -0.39 is 10.0 Å². The third-order valence-electron chi connectivity index (χ3n) is 6.92. The summed E-state index contributed by atoms with van der Waals surface area (Å²) >= 11 is 12.1. The van der Waals surface area contributed by atoms with Crippen LogP contribution in [0.3, 0.4) is 0 Å². The van der Waals surface area contributed by atoms with Crippen LogP contribution in [0.15, 0.2) is 42.5 Å². The van der Waals surface area contributed by atoms with Gasteiger partial charge in [-0.05, 0) is 67.6 Å². The lowest BCUT2D eigenvalue weighted by molar-refractivity contribution is -0.126. The van der Waals surface area contributed by atoms with Crippen molar-refractivity contribution in [1.82, 2.24) is 14.5 Å². The molecule has 0 radical (unpaired) electrons. The van der Waals surface area contributed by atoms with Crippen LogP contribution in [-0.2, 0) is 33.7 Å². The molecule has 2 heterocycles. The number of nitrogens with zero attached hydrogens (tertiary/aromatic N) is 2. The second kappa shape index (κ2) is 12.1. The first-order valence-corrected chi connectivity index (χ1v) is 14.7. The Labute approximate surface area is 218 Å². The summed E-state index contributed by atoms with van der Waals surface area (Å²) in [7, 11) is -3.52. The van der Waals surface area contributed by atoms with Gasteiger partial charge in [-0.3, -0.25) is 9.69 Å². The molecule has 2 fully saturated rings. The summed E-state index contributed by atoms with van der Waals surface area (Å²) in [4.78, 5) is 15.2. The van der Waals surface area contributed by atoms with Gasteiger partial charge in [0.1, 0.15) is 0 Å². The van der Waals surface area contributed by atoms with Gasteiger partial charge in [0.25, 0.3) is 0 Å². The van der Waals surface area contributed by atoms with Crippen molar-refractivity contribution < 1.29 is 13.2 Å². The fourth-order valence-electron chi connectivity index (χ4n) is 4.79. The van der Waals surface area contributed by atoms with Gasteiger partial charge in [-0.2, -0.15) is 0 Å². The molecule has 0 atom stereocenters.